The van der Waals surface area contributed by atoms with Gasteiger partial charge in [-0.25, -0.2) is 4.79 Å². The van der Waals surface area contributed by atoms with Gasteiger partial charge in [0.15, 0.2) is 0 Å². The SMILES string of the molecule is CCNC(=O)N1CC[C@@H](N[C@@H](C)c2cnn(C(C)C)c2)C1. The molecule has 2 N–H and O–H groups in total. The Labute approximate surface area is 126 Å². The molecule has 1 aromatic heterocycles. The Kier molecular flexibility index (Phi) is 5.22. The third kappa shape index (κ3) is 3.97. The maximum absolute atomic E-state index is 11.8. The normalized spacial score (nSPS) is 20.0. The third-order valence-electron chi connectivity index (χ3n) is 3.94. The van der Waals surface area contributed by atoms with Gasteiger partial charge in [-0.15, -0.1) is 0 Å². The van der Waals surface area contributed by atoms with E-state index in [9.17, 15) is 4.79 Å². The van der Waals surface area contributed by atoms with Gasteiger partial charge in [0.1, 0.15) is 0 Å². The molecule has 0 aromatic carbocycles. The lowest BCUT2D eigenvalue weighted by Gasteiger charge is -2.20. The standard InChI is InChI=1S/C15H27N5O/c1-5-16-15(21)19-7-6-14(10-19)18-12(4)13-8-17-20(9-13)11(2)3/h8-9,11-12,14,18H,5-7,10H2,1-4H3,(H,16,21)/t12-,14+/m0/s1. The number of urea groups is 1. The van der Waals surface area contributed by atoms with Crippen molar-refractivity contribution in [3.05, 3.63) is 18.0 Å². The Morgan fingerprint density at radius 1 is 1.48 bits per heavy atom. The summed E-state index contributed by atoms with van der Waals surface area (Å²) in [5.41, 5.74) is 1.19. The van der Waals surface area contributed by atoms with Crippen LogP contribution in [0.5, 0.6) is 0 Å². The van der Waals surface area contributed by atoms with E-state index in [2.05, 4.69) is 42.7 Å². The second-order valence-electron chi connectivity index (χ2n) is 6.00. The first-order chi connectivity index (χ1) is 10.0. The molecule has 0 bridgehead atoms. The van der Waals surface area contributed by atoms with E-state index >= 15 is 0 Å². The number of amides is 2. The topological polar surface area (TPSA) is 62.2 Å². The van der Waals surface area contributed by atoms with Crippen LogP contribution in [0.25, 0.3) is 0 Å². The van der Waals surface area contributed by atoms with Crippen LogP contribution in [-0.2, 0) is 0 Å². The van der Waals surface area contributed by atoms with Crippen molar-refractivity contribution in [2.24, 2.45) is 0 Å². The lowest BCUT2D eigenvalue weighted by atomic mass is 10.1. The number of carbonyl (C=O) groups excluding carboxylic acids is 1. The van der Waals surface area contributed by atoms with Gasteiger partial charge in [-0.3, -0.25) is 4.68 Å². The smallest absolute Gasteiger partial charge is 0.317 e. The minimum absolute atomic E-state index is 0.0436. The van der Waals surface area contributed by atoms with E-state index in [1.165, 1.54) is 5.56 Å². The molecular formula is C15H27N5O. The van der Waals surface area contributed by atoms with Crippen molar-refractivity contribution in [1.82, 2.24) is 25.3 Å². The zero-order valence-electron chi connectivity index (χ0n) is 13.5. The molecule has 2 amide bonds. The summed E-state index contributed by atoms with van der Waals surface area (Å²) in [4.78, 5) is 13.7. The van der Waals surface area contributed by atoms with Gasteiger partial charge >= 0.3 is 6.03 Å². The van der Waals surface area contributed by atoms with Crippen LogP contribution in [0, 0.1) is 0 Å². The fourth-order valence-corrected chi connectivity index (χ4v) is 2.65. The van der Waals surface area contributed by atoms with Gasteiger partial charge in [-0.05, 0) is 34.1 Å². The van der Waals surface area contributed by atoms with Gasteiger partial charge in [-0.1, -0.05) is 0 Å². The van der Waals surface area contributed by atoms with Gasteiger partial charge < -0.3 is 15.5 Å². The van der Waals surface area contributed by atoms with Crippen LogP contribution in [-0.4, -0.2) is 46.4 Å². The summed E-state index contributed by atoms with van der Waals surface area (Å²) in [5.74, 6) is 0. The third-order valence-corrected chi connectivity index (χ3v) is 3.94. The molecular weight excluding hydrogens is 266 g/mol. The summed E-state index contributed by atoms with van der Waals surface area (Å²) in [5, 5.41) is 10.8. The Morgan fingerprint density at radius 3 is 2.86 bits per heavy atom. The Balaban J connectivity index is 1.86. The van der Waals surface area contributed by atoms with Crippen LogP contribution in [0.4, 0.5) is 4.79 Å². The first kappa shape index (κ1) is 15.8. The molecule has 1 saturated heterocycles. The zero-order valence-corrected chi connectivity index (χ0v) is 13.5. The molecule has 1 aromatic rings. The number of rotatable bonds is 5. The van der Waals surface area contributed by atoms with E-state index in [-0.39, 0.29) is 12.1 Å². The molecule has 0 saturated carbocycles. The molecule has 1 aliphatic rings. The summed E-state index contributed by atoms with van der Waals surface area (Å²) >= 11 is 0. The number of likely N-dealkylation sites (tertiary alicyclic amines) is 1. The Hall–Kier alpha value is -1.56. The number of carbonyl (C=O) groups is 1. The Morgan fingerprint density at radius 2 is 2.24 bits per heavy atom. The maximum Gasteiger partial charge on any atom is 0.317 e. The summed E-state index contributed by atoms with van der Waals surface area (Å²) in [6, 6.07) is 1.02. The van der Waals surface area contributed by atoms with Crippen LogP contribution in [0.1, 0.15) is 51.8 Å². The number of aromatic nitrogens is 2. The van der Waals surface area contributed by atoms with Gasteiger partial charge in [0.2, 0.25) is 0 Å². The van der Waals surface area contributed by atoms with Crippen molar-refractivity contribution in [3.63, 3.8) is 0 Å². The molecule has 6 heteroatoms. The lowest BCUT2D eigenvalue weighted by Crippen LogP contribution is -2.41. The average molecular weight is 293 g/mol. The van der Waals surface area contributed by atoms with E-state index in [4.69, 9.17) is 0 Å². The molecule has 21 heavy (non-hydrogen) atoms. The molecule has 2 heterocycles. The molecule has 0 aliphatic carbocycles. The number of nitrogens with one attached hydrogen (secondary N) is 2. The molecule has 0 unspecified atom stereocenters. The molecule has 1 fully saturated rings. The molecule has 2 atom stereocenters. The van der Waals surface area contributed by atoms with E-state index < -0.39 is 0 Å². The molecule has 6 nitrogen and oxygen atoms in total. The van der Waals surface area contributed by atoms with Crippen molar-refractivity contribution < 1.29 is 4.79 Å². The van der Waals surface area contributed by atoms with Crippen molar-refractivity contribution in [1.29, 1.82) is 0 Å². The van der Waals surface area contributed by atoms with Crippen molar-refractivity contribution in [2.45, 2.75) is 52.2 Å². The van der Waals surface area contributed by atoms with Crippen LogP contribution < -0.4 is 10.6 Å². The summed E-state index contributed by atoms with van der Waals surface area (Å²) in [7, 11) is 0. The minimum atomic E-state index is 0.0436. The van der Waals surface area contributed by atoms with Crippen molar-refractivity contribution in [2.75, 3.05) is 19.6 Å². The van der Waals surface area contributed by atoms with E-state index in [1.54, 1.807) is 0 Å². The number of hydrogen-bond donors (Lipinski definition) is 2. The fourth-order valence-electron chi connectivity index (χ4n) is 2.65. The van der Waals surface area contributed by atoms with Crippen LogP contribution >= 0.6 is 0 Å². The number of nitrogens with zero attached hydrogens (tertiary/aromatic N) is 3. The molecule has 118 valence electrons. The maximum atomic E-state index is 11.8. The molecule has 2 rings (SSSR count). The Bertz CT molecular complexity index is 470. The lowest BCUT2D eigenvalue weighted by molar-refractivity contribution is 0.208. The highest BCUT2D eigenvalue weighted by Gasteiger charge is 2.27. The zero-order chi connectivity index (χ0) is 15.4. The van der Waals surface area contributed by atoms with Crippen molar-refractivity contribution >= 4 is 6.03 Å². The summed E-state index contributed by atoms with van der Waals surface area (Å²) in [6.07, 6.45) is 5.02. The first-order valence-corrected chi connectivity index (χ1v) is 7.84. The number of hydrogen-bond acceptors (Lipinski definition) is 3. The predicted octanol–water partition coefficient (Wildman–Crippen LogP) is 1.92. The van der Waals surface area contributed by atoms with Crippen molar-refractivity contribution in [3.8, 4) is 0 Å². The van der Waals surface area contributed by atoms with Gasteiger partial charge in [-0.2, -0.15) is 5.10 Å². The van der Waals surface area contributed by atoms with E-state index in [1.807, 2.05) is 22.7 Å². The van der Waals surface area contributed by atoms with Crippen LogP contribution in [0.15, 0.2) is 12.4 Å². The van der Waals surface area contributed by atoms with Gasteiger partial charge in [0.25, 0.3) is 0 Å². The summed E-state index contributed by atoms with van der Waals surface area (Å²) < 4.78 is 1.98. The monoisotopic (exact) mass is 293 g/mol. The second kappa shape index (κ2) is 6.93. The van der Waals surface area contributed by atoms with Gasteiger partial charge in [0, 0.05) is 49.5 Å². The van der Waals surface area contributed by atoms with Crippen LogP contribution in [0.3, 0.4) is 0 Å². The highest BCUT2D eigenvalue weighted by Crippen LogP contribution is 2.17. The first-order valence-electron chi connectivity index (χ1n) is 7.84. The fraction of sp³-hybridized carbons (Fsp3) is 0.733. The highest BCUT2D eigenvalue weighted by molar-refractivity contribution is 5.74. The highest BCUT2D eigenvalue weighted by atomic mass is 16.2. The minimum Gasteiger partial charge on any atom is -0.338 e. The van der Waals surface area contributed by atoms with E-state index in [0.717, 1.165) is 19.5 Å². The van der Waals surface area contributed by atoms with E-state index in [0.29, 0.717) is 18.6 Å². The average Bonchev–Trinajstić information content (AvgIpc) is 3.07. The quantitative estimate of drug-likeness (QED) is 0.872. The second-order valence-corrected chi connectivity index (χ2v) is 6.00. The molecule has 1 aliphatic heterocycles. The molecule has 0 spiro atoms. The molecule has 0 radical (unpaired) electrons. The van der Waals surface area contributed by atoms with Crippen LogP contribution in [0.2, 0.25) is 0 Å². The largest absolute Gasteiger partial charge is 0.338 e. The van der Waals surface area contributed by atoms with Gasteiger partial charge in [0.05, 0.1) is 6.20 Å². The summed E-state index contributed by atoms with van der Waals surface area (Å²) in [6.45, 7) is 10.6. The predicted molar refractivity (Wildman–Crippen MR) is 83.2 cm³/mol.